The quantitative estimate of drug-likeness (QED) is 0.710. The van der Waals surface area contributed by atoms with Crippen molar-refractivity contribution in [1.82, 2.24) is 0 Å². The number of hydrogen-bond donors (Lipinski definition) is 0. The summed E-state index contributed by atoms with van der Waals surface area (Å²) in [5, 5.41) is 3.61. The molecule has 0 fully saturated rings. The summed E-state index contributed by atoms with van der Waals surface area (Å²) in [6.45, 7) is 0. The van der Waals surface area contributed by atoms with Gasteiger partial charge in [0.05, 0.1) is 0 Å². The summed E-state index contributed by atoms with van der Waals surface area (Å²) in [6.07, 6.45) is 2.14. The first-order chi connectivity index (χ1) is 6.83. The van der Waals surface area contributed by atoms with Crippen LogP contribution in [0, 0.1) is 0 Å². The molecule has 0 saturated carbocycles. The van der Waals surface area contributed by atoms with Gasteiger partial charge >= 0.3 is 0 Å². The van der Waals surface area contributed by atoms with Gasteiger partial charge in [-0.15, -0.1) is 22.9 Å². The maximum absolute atomic E-state index is 5.70. The topological polar surface area (TPSA) is 0 Å². The van der Waals surface area contributed by atoms with Crippen molar-refractivity contribution in [2.45, 2.75) is 12.8 Å². The Hall–Kier alpha value is -0.0500. The Morgan fingerprint density at radius 1 is 1.36 bits per heavy atom. The number of alkyl halides is 1. The standard InChI is InChI=1S/C11H10BrClS/c12-10-5-1-4-9-8(3-2-6-13)7-14-11(9)10/h1,4-5,7H,2-3,6H2. The number of halogens is 2. The first-order valence-electron chi connectivity index (χ1n) is 4.53. The highest BCUT2D eigenvalue weighted by Crippen LogP contribution is 2.32. The van der Waals surface area contributed by atoms with Crippen molar-refractivity contribution in [1.29, 1.82) is 0 Å². The second-order valence-corrected chi connectivity index (χ2v) is 5.28. The maximum Gasteiger partial charge on any atom is 0.0487 e. The summed E-state index contributed by atoms with van der Waals surface area (Å²) < 4.78 is 2.54. The summed E-state index contributed by atoms with van der Waals surface area (Å²) in [5.41, 5.74) is 1.42. The number of hydrogen-bond acceptors (Lipinski definition) is 1. The number of rotatable bonds is 3. The molecule has 0 bridgehead atoms. The van der Waals surface area contributed by atoms with E-state index in [1.165, 1.54) is 20.1 Å². The molecule has 0 nitrogen and oxygen atoms in total. The second-order valence-electron chi connectivity index (χ2n) is 3.17. The molecule has 1 aromatic heterocycles. The van der Waals surface area contributed by atoms with E-state index in [0.29, 0.717) is 0 Å². The van der Waals surface area contributed by atoms with Gasteiger partial charge in [0.15, 0.2) is 0 Å². The van der Waals surface area contributed by atoms with Gasteiger partial charge in [0.1, 0.15) is 0 Å². The van der Waals surface area contributed by atoms with E-state index >= 15 is 0 Å². The molecule has 2 aromatic rings. The lowest BCUT2D eigenvalue weighted by molar-refractivity contribution is 0.940. The Balaban J connectivity index is 2.42. The van der Waals surface area contributed by atoms with E-state index in [4.69, 9.17) is 11.6 Å². The second kappa shape index (κ2) is 4.65. The highest BCUT2D eigenvalue weighted by atomic mass is 79.9. The van der Waals surface area contributed by atoms with Crippen molar-refractivity contribution in [3.63, 3.8) is 0 Å². The van der Waals surface area contributed by atoms with E-state index in [1.807, 2.05) is 0 Å². The fourth-order valence-electron chi connectivity index (χ4n) is 1.53. The number of benzene rings is 1. The van der Waals surface area contributed by atoms with Crippen LogP contribution in [-0.4, -0.2) is 5.88 Å². The van der Waals surface area contributed by atoms with Crippen LogP contribution in [0.1, 0.15) is 12.0 Å². The van der Waals surface area contributed by atoms with Crippen molar-refractivity contribution in [3.8, 4) is 0 Å². The first kappa shape index (κ1) is 10.5. The van der Waals surface area contributed by atoms with Crippen LogP contribution in [0.4, 0.5) is 0 Å². The molecule has 0 atom stereocenters. The highest BCUT2D eigenvalue weighted by molar-refractivity contribution is 9.10. The predicted octanol–water partition coefficient (Wildman–Crippen LogP) is 4.84. The van der Waals surface area contributed by atoms with Gasteiger partial charge in [-0.05, 0) is 51.2 Å². The SMILES string of the molecule is ClCCCc1csc2c(Br)cccc12. The molecule has 0 aliphatic heterocycles. The minimum atomic E-state index is 0.741. The van der Waals surface area contributed by atoms with Crippen molar-refractivity contribution in [3.05, 3.63) is 33.6 Å². The van der Waals surface area contributed by atoms with Crippen molar-refractivity contribution < 1.29 is 0 Å². The molecule has 0 aliphatic carbocycles. The van der Waals surface area contributed by atoms with Crippen LogP contribution < -0.4 is 0 Å². The fourth-order valence-corrected chi connectivity index (χ4v) is 3.32. The third-order valence-electron chi connectivity index (χ3n) is 2.21. The van der Waals surface area contributed by atoms with Crippen LogP contribution in [0.5, 0.6) is 0 Å². The van der Waals surface area contributed by atoms with E-state index in [2.05, 4.69) is 39.5 Å². The molecule has 0 aliphatic rings. The van der Waals surface area contributed by atoms with Crippen LogP contribution in [0.3, 0.4) is 0 Å². The Bertz CT molecular complexity index is 436. The Morgan fingerprint density at radius 2 is 2.21 bits per heavy atom. The zero-order valence-electron chi connectivity index (χ0n) is 7.59. The highest BCUT2D eigenvalue weighted by Gasteiger charge is 2.05. The Morgan fingerprint density at radius 3 is 3.00 bits per heavy atom. The minimum Gasteiger partial charge on any atom is -0.142 e. The molecule has 3 heteroatoms. The van der Waals surface area contributed by atoms with Crippen molar-refractivity contribution in [2.75, 3.05) is 5.88 Å². The average molecular weight is 290 g/mol. The van der Waals surface area contributed by atoms with Gasteiger partial charge < -0.3 is 0 Å². The summed E-state index contributed by atoms with van der Waals surface area (Å²) in [4.78, 5) is 0. The molecule has 0 saturated heterocycles. The zero-order valence-corrected chi connectivity index (χ0v) is 10.8. The largest absolute Gasteiger partial charge is 0.142 e. The zero-order chi connectivity index (χ0) is 9.97. The van der Waals surface area contributed by atoms with Gasteiger partial charge in [0.2, 0.25) is 0 Å². The molecule has 1 aromatic carbocycles. The molecule has 0 amide bonds. The Labute approximate surface area is 101 Å². The molecule has 0 radical (unpaired) electrons. The molecule has 0 spiro atoms. The lowest BCUT2D eigenvalue weighted by atomic mass is 10.1. The summed E-state index contributed by atoms with van der Waals surface area (Å²) in [6, 6.07) is 6.35. The monoisotopic (exact) mass is 288 g/mol. The summed E-state index contributed by atoms with van der Waals surface area (Å²) in [5.74, 6) is 0.741. The summed E-state index contributed by atoms with van der Waals surface area (Å²) >= 11 is 11.1. The van der Waals surface area contributed by atoms with Crippen LogP contribution in [0.25, 0.3) is 10.1 Å². The van der Waals surface area contributed by atoms with Crippen molar-refractivity contribution >= 4 is 49.0 Å². The number of aryl methyl sites for hydroxylation is 1. The third-order valence-corrected chi connectivity index (χ3v) is 4.48. The molecular formula is C11H10BrClS. The van der Waals surface area contributed by atoms with Gasteiger partial charge in [-0.3, -0.25) is 0 Å². The van der Waals surface area contributed by atoms with E-state index in [0.717, 1.165) is 18.7 Å². The van der Waals surface area contributed by atoms with E-state index in [1.54, 1.807) is 11.3 Å². The van der Waals surface area contributed by atoms with Crippen molar-refractivity contribution in [2.24, 2.45) is 0 Å². The average Bonchev–Trinajstić information content (AvgIpc) is 2.60. The fraction of sp³-hybridized carbons (Fsp3) is 0.273. The molecule has 1 heterocycles. The number of thiophene rings is 1. The molecule has 2 rings (SSSR count). The summed E-state index contributed by atoms with van der Waals surface area (Å²) in [7, 11) is 0. The first-order valence-corrected chi connectivity index (χ1v) is 6.74. The van der Waals surface area contributed by atoms with Crippen LogP contribution in [0.2, 0.25) is 0 Å². The van der Waals surface area contributed by atoms with Crippen LogP contribution in [0.15, 0.2) is 28.1 Å². The molecular weight excluding hydrogens is 280 g/mol. The van der Waals surface area contributed by atoms with Gasteiger partial charge in [0, 0.05) is 15.1 Å². The van der Waals surface area contributed by atoms with Crippen LogP contribution >= 0.6 is 38.9 Å². The van der Waals surface area contributed by atoms with Gasteiger partial charge in [-0.1, -0.05) is 12.1 Å². The molecule has 0 N–H and O–H groups in total. The minimum absolute atomic E-state index is 0.741. The van der Waals surface area contributed by atoms with Gasteiger partial charge in [-0.2, -0.15) is 0 Å². The predicted molar refractivity (Wildman–Crippen MR) is 68.6 cm³/mol. The number of fused-ring (bicyclic) bond motifs is 1. The van der Waals surface area contributed by atoms with E-state index in [9.17, 15) is 0 Å². The molecule has 74 valence electrons. The van der Waals surface area contributed by atoms with E-state index in [-0.39, 0.29) is 0 Å². The van der Waals surface area contributed by atoms with Crippen LogP contribution in [-0.2, 0) is 6.42 Å². The molecule has 14 heavy (non-hydrogen) atoms. The lowest BCUT2D eigenvalue weighted by Crippen LogP contribution is -1.83. The smallest absolute Gasteiger partial charge is 0.0487 e. The Kier molecular flexibility index (Phi) is 3.47. The van der Waals surface area contributed by atoms with E-state index < -0.39 is 0 Å². The lowest BCUT2D eigenvalue weighted by Gasteiger charge is -1.97. The third kappa shape index (κ3) is 1.97. The van der Waals surface area contributed by atoms with Gasteiger partial charge in [0.25, 0.3) is 0 Å². The maximum atomic E-state index is 5.70. The molecule has 0 unspecified atom stereocenters. The van der Waals surface area contributed by atoms with Gasteiger partial charge in [-0.25, -0.2) is 0 Å². The normalized spacial score (nSPS) is 11.0.